The number of amides is 1. The van der Waals surface area contributed by atoms with E-state index in [1.807, 2.05) is 0 Å². The molecule has 2 aromatic rings. The number of rotatable bonds is 3. The minimum absolute atomic E-state index is 0.183. The van der Waals surface area contributed by atoms with Gasteiger partial charge in [0.1, 0.15) is 11.4 Å². The van der Waals surface area contributed by atoms with Gasteiger partial charge >= 0.3 is 0 Å². The van der Waals surface area contributed by atoms with Crippen molar-refractivity contribution in [2.24, 2.45) is 5.10 Å². The lowest BCUT2D eigenvalue weighted by Crippen LogP contribution is -2.17. The Morgan fingerprint density at radius 2 is 2.00 bits per heavy atom. The number of carbonyl (C=O) groups is 1. The van der Waals surface area contributed by atoms with Crippen LogP contribution in [0.4, 0.5) is 0 Å². The van der Waals surface area contributed by atoms with Crippen molar-refractivity contribution >= 4 is 44.0 Å². The average Bonchev–Trinajstić information content (AvgIpc) is 2.72. The molecule has 0 unspecified atom stereocenters. The number of nitrogens with one attached hydrogen (secondary N) is 2. The van der Waals surface area contributed by atoms with Crippen LogP contribution in [0.2, 0.25) is 0 Å². The number of hydrogen-bond acceptors (Lipinski definition) is 3. The van der Waals surface area contributed by atoms with Gasteiger partial charge in [0, 0.05) is 0 Å². The molecule has 0 bridgehead atoms. The molecular formula is C12H9Br2N3O2. The molecule has 0 aliphatic carbocycles. The Labute approximate surface area is 126 Å². The molecule has 5 nitrogen and oxygen atoms in total. The lowest BCUT2D eigenvalue weighted by molar-refractivity contribution is 0.0950. The molecule has 1 heterocycles. The lowest BCUT2D eigenvalue weighted by Gasteiger charge is -1.96. The molecule has 0 atom stereocenters. The van der Waals surface area contributed by atoms with Crippen LogP contribution >= 0.6 is 31.9 Å². The van der Waals surface area contributed by atoms with Crippen molar-refractivity contribution in [1.82, 2.24) is 10.4 Å². The lowest BCUT2D eigenvalue weighted by atomic mass is 10.2. The summed E-state index contributed by atoms with van der Waals surface area (Å²) in [4.78, 5) is 14.6. The molecule has 0 fully saturated rings. The average molecular weight is 387 g/mol. The van der Waals surface area contributed by atoms with Crippen LogP contribution in [-0.4, -0.2) is 22.2 Å². The fourth-order valence-electron chi connectivity index (χ4n) is 1.31. The zero-order valence-electron chi connectivity index (χ0n) is 9.52. The van der Waals surface area contributed by atoms with Gasteiger partial charge in [0.05, 0.1) is 15.3 Å². The van der Waals surface area contributed by atoms with Crippen LogP contribution in [0.5, 0.6) is 5.75 Å². The number of hydrogen-bond donors (Lipinski definition) is 3. The molecule has 1 aromatic heterocycles. The van der Waals surface area contributed by atoms with Crippen molar-refractivity contribution in [1.29, 1.82) is 0 Å². The number of phenols is 1. The van der Waals surface area contributed by atoms with Crippen LogP contribution in [0.3, 0.4) is 0 Å². The molecule has 2 rings (SSSR count). The third kappa shape index (κ3) is 3.68. The van der Waals surface area contributed by atoms with E-state index in [1.165, 1.54) is 6.21 Å². The van der Waals surface area contributed by atoms with Gasteiger partial charge in [-0.25, -0.2) is 5.43 Å². The molecule has 98 valence electrons. The van der Waals surface area contributed by atoms with Crippen molar-refractivity contribution < 1.29 is 9.90 Å². The SMILES string of the molecule is O=C(N/N=C/c1ccc(O)cc1)c1cc(Br)c(Br)[nH]1. The van der Waals surface area contributed by atoms with E-state index in [9.17, 15) is 4.79 Å². The number of aromatic hydroxyl groups is 1. The van der Waals surface area contributed by atoms with Gasteiger partial charge in [-0.2, -0.15) is 5.10 Å². The van der Waals surface area contributed by atoms with Gasteiger partial charge in [-0.05, 0) is 67.8 Å². The molecule has 0 saturated carbocycles. The highest BCUT2D eigenvalue weighted by Crippen LogP contribution is 2.22. The Balaban J connectivity index is 1.98. The monoisotopic (exact) mass is 385 g/mol. The van der Waals surface area contributed by atoms with E-state index in [2.05, 4.69) is 47.4 Å². The summed E-state index contributed by atoms with van der Waals surface area (Å²) in [5.41, 5.74) is 3.56. The first-order chi connectivity index (χ1) is 9.06. The predicted octanol–water partition coefficient (Wildman–Crippen LogP) is 3.01. The van der Waals surface area contributed by atoms with Gasteiger partial charge in [-0.3, -0.25) is 4.79 Å². The van der Waals surface area contributed by atoms with E-state index in [0.717, 1.165) is 10.0 Å². The van der Waals surface area contributed by atoms with Gasteiger partial charge < -0.3 is 10.1 Å². The minimum atomic E-state index is -0.346. The Kier molecular flexibility index (Phi) is 4.39. The Bertz CT molecular complexity index is 601. The summed E-state index contributed by atoms with van der Waals surface area (Å²) in [6.45, 7) is 0. The van der Waals surface area contributed by atoms with Crippen LogP contribution in [0.15, 0.2) is 44.5 Å². The Morgan fingerprint density at radius 1 is 1.32 bits per heavy atom. The molecule has 0 radical (unpaired) electrons. The molecule has 0 spiro atoms. The van der Waals surface area contributed by atoms with E-state index < -0.39 is 0 Å². The molecule has 19 heavy (non-hydrogen) atoms. The first kappa shape index (κ1) is 13.8. The molecule has 7 heteroatoms. The zero-order valence-corrected chi connectivity index (χ0v) is 12.7. The van der Waals surface area contributed by atoms with E-state index in [1.54, 1.807) is 30.3 Å². The van der Waals surface area contributed by atoms with Crippen LogP contribution in [0.1, 0.15) is 16.1 Å². The van der Waals surface area contributed by atoms with Crippen LogP contribution in [-0.2, 0) is 0 Å². The maximum Gasteiger partial charge on any atom is 0.287 e. The van der Waals surface area contributed by atoms with E-state index in [0.29, 0.717) is 10.3 Å². The van der Waals surface area contributed by atoms with Crippen molar-refractivity contribution in [3.05, 3.63) is 50.7 Å². The third-order valence-corrected chi connectivity index (χ3v) is 4.03. The topological polar surface area (TPSA) is 77.5 Å². The summed E-state index contributed by atoms with van der Waals surface area (Å²) in [6.07, 6.45) is 1.49. The van der Waals surface area contributed by atoms with Gasteiger partial charge in [0.25, 0.3) is 5.91 Å². The molecule has 3 N–H and O–H groups in total. The number of halogens is 2. The third-order valence-electron chi connectivity index (χ3n) is 2.24. The highest BCUT2D eigenvalue weighted by molar-refractivity contribution is 9.13. The minimum Gasteiger partial charge on any atom is -0.508 e. The molecule has 1 aromatic carbocycles. The molecule has 0 aliphatic rings. The highest BCUT2D eigenvalue weighted by atomic mass is 79.9. The van der Waals surface area contributed by atoms with Crippen LogP contribution in [0.25, 0.3) is 0 Å². The summed E-state index contributed by atoms with van der Waals surface area (Å²) in [7, 11) is 0. The summed E-state index contributed by atoms with van der Waals surface area (Å²) < 4.78 is 1.46. The largest absolute Gasteiger partial charge is 0.508 e. The van der Waals surface area contributed by atoms with E-state index in [4.69, 9.17) is 5.11 Å². The Hall–Kier alpha value is -1.60. The second-order valence-corrected chi connectivity index (χ2v) is 5.28. The fraction of sp³-hybridized carbons (Fsp3) is 0. The van der Waals surface area contributed by atoms with Gasteiger partial charge in [0.2, 0.25) is 0 Å². The van der Waals surface area contributed by atoms with E-state index in [-0.39, 0.29) is 11.7 Å². The number of carbonyl (C=O) groups excluding carboxylic acids is 1. The molecule has 1 amide bonds. The van der Waals surface area contributed by atoms with Crippen molar-refractivity contribution in [2.75, 3.05) is 0 Å². The van der Waals surface area contributed by atoms with Gasteiger partial charge in [-0.15, -0.1) is 0 Å². The second-order valence-electron chi connectivity index (χ2n) is 3.64. The Morgan fingerprint density at radius 3 is 2.58 bits per heavy atom. The standard InChI is InChI=1S/C12H9Br2N3O2/c13-9-5-10(16-11(9)14)12(19)17-15-6-7-1-3-8(18)4-2-7/h1-6,16,18H,(H,17,19)/b15-6+. The number of aromatic nitrogens is 1. The molecule has 0 saturated heterocycles. The maximum absolute atomic E-state index is 11.7. The summed E-state index contributed by atoms with van der Waals surface area (Å²) >= 11 is 6.53. The summed E-state index contributed by atoms with van der Waals surface area (Å²) in [5, 5.41) is 12.9. The number of hydrazone groups is 1. The molecule has 0 aliphatic heterocycles. The fourth-order valence-corrected chi connectivity index (χ4v) is 1.97. The van der Waals surface area contributed by atoms with Crippen LogP contribution in [0, 0.1) is 0 Å². The summed E-state index contributed by atoms with van der Waals surface area (Å²) in [6, 6.07) is 8.11. The van der Waals surface area contributed by atoms with Crippen LogP contribution < -0.4 is 5.43 Å². The van der Waals surface area contributed by atoms with Gasteiger partial charge in [0.15, 0.2) is 0 Å². The second kappa shape index (κ2) is 6.03. The predicted molar refractivity (Wildman–Crippen MR) is 79.4 cm³/mol. The smallest absolute Gasteiger partial charge is 0.287 e. The number of phenolic OH excluding ortho intramolecular Hbond substituents is 1. The highest BCUT2D eigenvalue weighted by Gasteiger charge is 2.09. The van der Waals surface area contributed by atoms with Crippen molar-refractivity contribution in [3.63, 3.8) is 0 Å². The summed E-state index contributed by atoms with van der Waals surface area (Å²) in [5.74, 6) is -0.163. The van der Waals surface area contributed by atoms with E-state index >= 15 is 0 Å². The number of nitrogens with zero attached hydrogens (tertiary/aromatic N) is 1. The van der Waals surface area contributed by atoms with Crippen molar-refractivity contribution in [3.8, 4) is 5.75 Å². The first-order valence-corrected chi connectivity index (χ1v) is 6.81. The number of H-pyrrole nitrogens is 1. The first-order valence-electron chi connectivity index (χ1n) is 5.22. The normalized spacial score (nSPS) is 10.8. The number of benzene rings is 1. The quantitative estimate of drug-likeness (QED) is 0.560. The molecular weight excluding hydrogens is 378 g/mol. The van der Waals surface area contributed by atoms with Gasteiger partial charge in [-0.1, -0.05) is 0 Å². The van der Waals surface area contributed by atoms with Crippen molar-refractivity contribution in [2.45, 2.75) is 0 Å². The number of aromatic amines is 1. The maximum atomic E-state index is 11.7. The zero-order chi connectivity index (χ0) is 13.8.